The van der Waals surface area contributed by atoms with Gasteiger partial charge in [-0.3, -0.25) is 0 Å². The number of para-hydroxylation sites is 1. The summed E-state index contributed by atoms with van der Waals surface area (Å²) in [7, 11) is 2.05. The molecule has 0 saturated heterocycles. The molecule has 2 aromatic carbocycles. The number of halogens is 1. The summed E-state index contributed by atoms with van der Waals surface area (Å²) in [5.74, 6) is 0. The van der Waals surface area contributed by atoms with Gasteiger partial charge in [0.1, 0.15) is 0 Å². The van der Waals surface area contributed by atoms with Crippen molar-refractivity contribution in [3.8, 4) is 0 Å². The summed E-state index contributed by atoms with van der Waals surface area (Å²) < 4.78 is 0. The van der Waals surface area contributed by atoms with Crippen LogP contribution >= 0.6 is 11.6 Å². The van der Waals surface area contributed by atoms with E-state index in [-0.39, 0.29) is 0 Å². The molecule has 1 aliphatic heterocycles. The van der Waals surface area contributed by atoms with Crippen molar-refractivity contribution < 1.29 is 0 Å². The maximum Gasteiger partial charge on any atom is 0.156 e. The number of benzene rings is 2. The van der Waals surface area contributed by atoms with E-state index < -0.39 is 0 Å². The zero-order chi connectivity index (χ0) is 14.1. The average molecular weight is 285 g/mol. The van der Waals surface area contributed by atoms with Crippen molar-refractivity contribution in [2.45, 2.75) is 26.2 Å². The van der Waals surface area contributed by atoms with Crippen LogP contribution in [0.25, 0.3) is 0 Å². The van der Waals surface area contributed by atoms with Crippen LogP contribution in [0.5, 0.6) is 0 Å². The lowest BCUT2D eigenvalue weighted by atomic mass is 9.99. The van der Waals surface area contributed by atoms with E-state index in [0.717, 1.165) is 24.8 Å². The highest BCUT2D eigenvalue weighted by molar-refractivity contribution is 6.29. The van der Waals surface area contributed by atoms with Gasteiger partial charge in [-0.1, -0.05) is 61.0 Å². The van der Waals surface area contributed by atoms with Crippen molar-refractivity contribution >= 4 is 17.3 Å². The minimum Gasteiger partial charge on any atom is -0.352 e. The molecule has 2 aromatic rings. The number of rotatable bonds is 3. The van der Waals surface area contributed by atoms with Gasteiger partial charge in [-0.05, 0) is 35.1 Å². The van der Waals surface area contributed by atoms with E-state index in [1.807, 2.05) is 0 Å². The molecule has 1 heterocycles. The summed E-state index contributed by atoms with van der Waals surface area (Å²) in [6.45, 7) is 2.19. The molecule has 0 saturated carbocycles. The lowest BCUT2D eigenvalue weighted by molar-refractivity contribution is 1.03. The van der Waals surface area contributed by atoms with Gasteiger partial charge >= 0.3 is 0 Å². The van der Waals surface area contributed by atoms with Crippen LogP contribution in [0, 0.1) is 5.50 Å². The Balaban J connectivity index is 1.90. The first-order valence-electron chi connectivity index (χ1n) is 7.12. The largest absolute Gasteiger partial charge is 0.352 e. The third-order valence-corrected chi connectivity index (χ3v) is 4.45. The van der Waals surface area contributed by atoms with Gasteiger partial charge in [-0.2, -0.15) is 0 Å². The topological polar surface area (TPSA) is 3.24 Å². The van der Waals surface area contributed by atoms with Crippen molar-refractivity contribution in [1.29, 1.82) is 0 Å². The van der Waals surface area contributed by atoms with E-state index in [4.69, 9.17) is 11.6 Å². The molecule has 0 aromatic heterocycles. The predicted octanol–water partition coefficient (Wildman–Crippen LogP) is 4.56. The lowest BCUT2D eigenvalue weighted by Gasteiger charge is -2.19. The highest BCUT2D eigenvalue weighted by atomic mass is 35.5. The maximum absolute atomic E-state index is 6.29. The van der Waals surface area contributed by atoms with Gasteiger partial charge in [-0.25, -0.2) is 0 Å². The minimum atomic E-state index is 0.857. The molecule has 0 unspecified atom stereocenters. The smallest absolute Gasteiger partial charge is 0.156 e. The molecule has 2 heteroatoms. The molecule has 0 aliphatic carbocycles. The van der Waals surface area contributed by atoms with E-state index >= 15 is 0 Å². The molecule has 1 aliphatic rings. The quantitative estimate of drug-likeness (QED) is 0.747. The molecule has 0 spiro atoms. The van der Waals surface area contributed by atoms with Crippen LogP contribution in [0.1, 0.15) is 29.2 Å². The second kappa shape index (κ2) is 5.49. The zero-order valence-electron chi connectivity index (χ0n) is 12.0. The molecule has 0 fully saturated rings. The van der Waals surface area contributed by atoms with Crippen LogP contribution in [0.15, 0.2) is 42.5 Å². The highest BCUT2D eigenvalue weighted by Gasteiger charge is 2.27. The average Bonchev–Trinajstić information content (AvgIpc) is 2.76. The Bertz CT molecular complexity index is 603. The highest BCUT2D eigenvalue weighted by Crippen LogP contribution is 2.40. The van der Waals surface area contributed by atoms with E-state index in [1.54, 1.807) is 0 Å². The number of aryl methyl sites for hydroxylation is 1. The maximum atomic E-state index is 6.29. The van der Waals surface area contributed by atoms with Gasteiger partial charge in [0.2, 0.25) is 0 Å². The van der Waals surface area contributed by atoms with Crippen molar-refractivity contribution in [2.24, 2.45) is 0 Å². The fraction of sp³-hybridized carbons (Fsp3) is 0.278. The summed E-state index contributed by atoms with van der Waals surface area (Å²) in [6, 6.07) is 15.4. The Hall–Kier alpha value is -1.47. The Labute approximate surface area is 126 Å². The Kier molecular flexibility index (Phi) is 3.71. The van der Waals surface area contributed by atoms with Gasteiger partial charge in [0.25, 0.3) is 0 Å². The fourth-order valence-corrected chi connectivity index (χ4v) is 3.10. The zero-order valence-corrected chi connectivity index (χ0v) is 12.7. The standard InChI is InChI=1S/C18H19ClN/c1-3-13-7-9-14(10-8-13)11-15-5-4-6-16-12-17(19)20(2)18(15)16/h4-10H,3,11-12H2,1-2H3. The van der Waals surface area contributed by atoms with Crippen LogP contribution in [-0.4, -0.2) is 7.05 Å². The summed E-state index contributed by atoms with van der Waals surface area (Å²) in [5.41, 5.74) is 7.63. The monoisotopic (exact) mass is 284 g/mol. The van der Waals surface area contributed by atoms with E-state index in [2.05, 4.69) is 61.3 Å². The molecule has 20 heavy (non-hydrogen) atoms. The second-order valence-corrected chi connectivity index (χ2v) is 5.82. The van der Waals surface area contributed by atoms with Crippen molar-refractivity contribution in [3.05, 3.63) is 70.2 Å². The molecule has 0 bridgehead atoms. The van der Waals surface area contributed by atoms with Crippen molar-refractivity contribution in [2.75, 3.05) is 11.9 Å². The molecule has 3 rings (SSSR count). The Morgan fingerprint density at radius 2 is 1.75 bits per heavy atom. The van der Waals surface area contributed by atoms with Gasteiger partial charge in [0.05, 0.1) is 0 Å². The first kappa shape index (κ1) is 13.5. The number of hydrogen-bond acceptors (Lipinski definition) is 1. The van der Waals surface area contributed by atoms with Gasteiger partial charge < -0.3 is 4.90 Å². The first-order chi connectivity index (χ1) is 9.69. The van der Waals surface area contributed by atoms with Gasteiger partial charge in [0, 0.05) is 19.2 Å². The third-order valence-electron chi connectivity index (χ3n) is 4.06. The SMILES string of the molecule is CCc1ccc(Cc2cccc3c2N(C)[C](Cl)C3)cc1. The predicted molar refractivity (Wildman–Crippen MR) is 86.3 cm³/mol. The summed E-state index contributed by atoms with van der Waals surface area (Å²) in [6.07, 6.45) is 2.91. The number of nitrogens with zero attached hydrogens (tertiary/aromatic N) is 1. The molecule has 0 N–H and O–H groups in total. The first-order valence-corrected chi connectivity index (χ1v) is 7.50. The van der Waals surface area contributed by atoms with E-state index in [1.165, 1.54) is 27.9 Å². The summed E-state index contributed by atoms with van der Waals surface area (Å²) in [4.78, 5) is 2.12. The number of fused-ring (bicyclic) bond motifs is 1. The molecular weight excluding hydrogens is 266 g/mol. The third kappa shape index (κ3) is 2.43. The van der Waals surface area contributed by atoms with Crippen LogP contribution in [-0.2, 0) is 19.3 Å². The minimum absolute atomic E-state index is 0.857. The number of anilines is 1. The van der Waals surface area contributed by atoms with Gasteiger partial charge in [-0.15, -0.1) is 0 Å². The number of likely N-dealkylation sites (N-methyl/N-ethyl adjacent to an activating group) is 1. The van der Waals surface area contributed by atoms with Crippen LogP contribution < -0.4 is 4.90 Å². The number of hydrogen-bond donors (Lipinski definition) is 0. The summed E-state index contributed by atoms with van der Waals surface area (Å²) in [5, 5.41) is 0. The molecule has 1 radical (unpaired) electrons. The van der Waals surface area contributed by atoms with Crippen molar-refractivity contribution in [3.63, 3.8) is 0 Å². The van der Waals surface area contributed by atoms with Crippen molar-refractivity contribution in [1.82, 2.24) is 0 Å². The molecule has 0 amide bonds. The molecule has 1 nitrogen and oxygen atoms in total. The van der Waals surface area contributed by atoms with Crippen LogP contribution in [0.2, 0.25) is 0 Å². The molecule has 0 atom stereocenters. The van der Waals surface area contributed by atoms with Gasteiger partial charge in [0.15, 0.2) is 5.50 Å². The normalized spacial score (nSPS) is 14.7. The second-order valence-electron chi connectivity index (χ2n) is 5.38. The van der Waals surface area contributed by atoms with E-state index in [9.17, 15) is 0 Å². The fourth-order valence-electron chi connectivity index (χ4n) is 2.87. The van der Waals surface area contributed by atoms with E-state index in [0.29, 0.717) is 0 Å². The van der Waals surface area contributed by atoms with Crippen LogP contribution in [0.4, 0.5) is 5.69 Å². The summed E-state index contributed by atoms with van der Waals surface area (Å²) >= 11 is 6.29. The van der Waals surface area contributed by atoms with Crippen LogP contribution in [0.3, 0.4) is 0 Å². The molecular formula is C18H19ClN. The Morgan fingerprint density at radius 3 is 2.45 bits per heavy atom. The molecule has 103 valence electrons. The lowest BCUT2D eigenvalue weighted by Crippen LogP contribution is -2.15. The Morgan fingerprint density at radius 1 is 1.05 bits per heavy atom.